The van der Waals surface area contributed by atoms with Crippen LogP contribution in [0.4, 0.5) is 0 Å². The minimum Gasteiger partial charge on any atom is -0.383 e. The lowest BCUT2D eigenvalue weighted by atomic mass is 10.0. The SMILES string of the molecule is COC[C@@H]1CCCCN1C(=O)c1c(C)nn(C)c1C. The average Bonchev–Trinajstić information content (AvgIpc) is 2.64. The van der Waals surface area contributed by atoms with E-state index >= 15 is 0 Å². The van der Waals surface area contributed by atoms with E-state index in [0.29, 0.717) is 6.61 Å². The molecule has 0 aliphatic carbocycles. The van der Waals surface area contributed by atoms with Gasteiger partial charge >= 0.3 is 0 Å². The first-order chi connectivity index (χ1) is 9.06. The minimum atomic E-state index is 0.102. The van der Waals surface area contributed by atoms with Gasteiger partial charge in [-0.15, -0.1) is 0 Å². The number of carbonyl (C=O) groups is 1. The molecule has 0 saturated carbocycles. The van der Waals surface area contributed by atoms with E-state index in [-0.39, 0.29) is 11.9 Å². The van der Waals surface area contributed by atoms with Crippen molar-refractivity contribution in [2.24, 2.45) is 7.05 Å². The number of likely N-dealkylation sites (tertiary alicyclic amines) is 1. The van der Waals surface area contributed by atoms with Gasteiger partial charge in [0.25, 0.3) is 5.91 Å². The largest absolute Gasteiger partial charge is 0.383 e. The molecule has 19 heavy (non-hydrogen) atoms. The quantitative estimate of drug-likeness (QED) is 0.835. The maximum atomic E-state index is 12.8. The number of hydrogen-bond donors (Lipinski definition) is 0. The van der Waals surface area contributed by atoms with E-state index in [1.54, 1.807) is 11.8 Å². The Labute approximate surface area is 114 Å². The number of nitrogens with zero attached hydrogens (tertiary/aromatic N) is 3. The maximum Gasteiger partial charge on any atom is 0.257 e. The monoisotopic (exact) mass is 265 g/mol. The van der Waals surface area contributed by atoms with Crippen molar-refractivity contribution in [3.8, 4) is 0 Å². The van der Waals surface area contributed by atoms with Crippen LogP contribution in [0.1, 0.15) is 41.0 Å². The van der Waals surface area contributed by atoms with Crippen LogP contribution in [-0.2, 0) is 11.8 Å². The smallest absolute Gasteiger partial charge is 0.257 e. The van der Waals surface area contributed by atoms with Crippen molar-refractivity contribution in [3.05, 3.63) is 17.0 Å². The molecule has 1 saturated heterocycles. The van der Waals surface area contributed by atoms with Gasteiger partial charge in [-0.1, -0.05) is 0 Å². The average molecular weight is 265 g/mol. The number of methoxy groups -OCH3 is 1. The van der Waals surface area contributed by atoms with Gasteiger partial charge in [0.2, 0.25) is 0 Å². The summed E-state index contributed by atoms with van der Waals surface area (Å²) in [4.78, 5) is 14.7. The van der Waals surface area contributed by atoms with Crippen molar-refractivity contribution in [1.82, 2.24) is 14.7 Å². The zero-order valence-corrected chi connectivity index (χ0v) is 12.3. The Bertz CT molecular complexity index is 466. The lowest BCUT2D eigenvalue weighted by Gasteiger charge is -2.35. The fourth-order valence-corrected chi connectivity index (χ4v) is 2.86. The summed E-state index contributed by atoms with van der Waals surface area (Å²) in [6.45, 7) is 5.28. The van der Waals surface area contributed by atoms with Crippen LogP contribution in [0.15, 0.2) is 0 Å². The summed E-state index contributed by atoms with van der Waals surface area (Å²) in [5.74, 6) is 0.102. The molecule has 5 heteroatoms. The van der Waals surface area contributed by atoms with Crippen LogP contribution < -0.4 is 0 Å². The summed E-state index contributed by atoms with van der Waals surface area (Å²) < 4.78 is 7.02. The molecule has 1 atom stereocenters. The van der Waals surface area contributed by atoms with E-state index in [1.807, 2.05) is 25.8 Å². The van der Waals surface area contributed by atoms with Gasteiger partial charge in [-0.3, -0.25) is 9.48 Å². The number of hydrogen-bond acceptors (Lipinski definition) is 3. The summed E-state index contributed by atoms with van der Waals surface area (Å²) in [5, 5.41) is 4.34. The van der Waals surface area contributed by atoms with Crippen LogP contribution in [0, 0.1) is 13.8 Å². The number of aromatic nitrogens is 2. The third kappa shape index (κ3) is 2.66. The van der Waals surface area contributed by atoms with Crippen LogP contribution >= 0.6 is 0 Å². The van der Waals surface area contributed by atoms with Gasteiger partial charge in [0.15, 0.2) is 0 Å². The molecule has 1 aromatic heterocycles. The van der Waals surface area contributed by atoms with Gasteiger partial charge in [0.05, 0.1) is 23.9 Å². The highest BCUT2D eigenvalue weighted by Gasteiger charge is 2.30. The van der Waals surface area contributed by atoms with Crippen molar-refractivity contribution < 1.29 is 9.53 Å². The van der Waals surface area contributed by atoms with Crippen LogP contribution in [-0.4, -0.2) is 46.9 Å². The molecule has 1 aliphatic heterocycles. The number of amides is 1. The Balaban J connectivity index is 2.26. The van der Waals surface area contributed by atoms with E-state index in [4.69, 9.17) is 4.74 Å². The summed E-state index contributed by atoms with van der Waals surface area (Å²) in [6.07, 6.45) is 3.27. The number of rotatable bonds is 3. The first kappa shape index (κ1) is 14.1. The molecular weight excluding hydrogens is 242 g/mol. The van der Waals surface area contributed by atoms with Crippen LogP contribution in [0.25, 0.3) is 0 Å². The minimum absolute atomic E-state index is 0.102. The van der Waals surface area contributed by atoms with E-state index in [1.165, 1.54) is 6.42 Å². The Kier molecular flexibility index (Phi) is 4.24. The molecule has 0 spiro atoms. The third-order valence-electron chi connectivity index (χ3n) is 3.97. The van der Waals surface area contributed by atoms with Crippen LogP contribution in [0.2, 0.25) is 0 Å². The summed E-state index contributed by atoms with van der Waals surface area (Å²) >= 11 is 0. The highest BCUT2D eigenvalue weighted by Crippen LogP contribution is 2.22. The van der Waals surface area contributed by atoms with Gasteiger partial charge in [-0.25, -0.2) is 0 Å². The standard InChI is InChI=1S/C14H23N3O2/c1-10-13(11(2)16(3)15-10)14(18)17-8-6-5-7-12(17)9-19-4/h12H,5-9H2,1-4H3/t12-/m0/s1. The summed E-state index contributed by atoms with van der Waals surface area (Å²) in [7, 11) is 3.57. The zero-order valence-electron chi connectivity index (χ0n) is 12.3. The second-order valence-corrected chi connectivity index (χ2v) is 5.27. The molecule has 106 valence electrons. The van der Waals surface area contributed by atoms with E-state index in [9.17, 15) is 4.79 Å². The number of aryl methyl sites for hydroxylation is 2. The van der Waals surface area contributed by atoms with Gasteiger partial charge in [-0.05, 0) is 33.1 Å². The molecule has 0 N–H and O–H groups in total. The second kappa shape index (κ2) is 5.74. The fraction of sp³-hybridized carbons (Fsp3) is 0.714. The number of ether oxygens (including phenoxy) is 1. The van der Waals surface area contributed by atoms with Crippen molar-refractivity contribution in [2.75, 3.05) is 20.3 Å². The molecule has 1 amide bonds. The van der Waals surface area contributed by atoms with Crippen LogP contribution in [0.5, 0.6) is 0 Å². The fourth-order valence-electron chi connectivity index (χ4n) is 2.86. The Morgan fingerprint density at radius 3 is 2.74 bits per heavy atom. The van der Waals surface area contributed by atoms with Crippen molar-refractivity contribution in [3.63, 3.8) is 0 Å². The lowest BCUT2D eigenvalue weighted by molar-refractivity contribution is 0.0427. The molecule has 0 bridgehead atoms. The first-order valence-corrected chi connectivity index (χ1v) is 6.86. The Morgan fingerprint density at radius 2 is 2.16 bits per heavy atom. The Morgan fingerprint density at radius 1 is 1.42 bits per heavy atom. The van der Waals surface area contributed by atoms with Crippen molar-refractivity contribution in [2.45, 2.75) is 39.2 Å². The summed E-state index contributed by atoms with van der Waals surface area (Å²) in [6, 6.07) is 0.199. The normalized spacial score (nSPS) is 19.8. The topological polar surface area (TPSA) is 47.4 Å². The van der Waals surface area contributed by atoms with Gasteiger partial charge in [0.1, 0.15) is 0 Å². The molecular formula is C14H23N3O2. The molecule has 1 aromatic rings. The molecule has 0 unspecified atom stereocenters. The van der Waals surface area contributed by atoms with Crippen molar-refractivity contribution >= 4 is 5.91 Å². The molecule has 0 radical (unpaired) electrons. The number of carbonyl (C=O) groups excluding carboxylic acids is 1. The highest BCUT2D eigenvalue weighted by molar-refractivity contribution is 5.96. The zero-order chi connectivity index (χ0) is 14.0. The van der Waals surface area contributed by atoms with E-state index in [0.717, 1.165) is 36.3 Å². The third-order valence-corrected chi connectivity index (χ3v) is 3.97. The van der Waals surface area contributed by atoms with Gasteiger partial charge in [-0.2, -0.15) is 5.10 Å². The summed E-state index contributed by atoms with van der Waals surface area (Å²) in [5.41, 5.74) is 2.50. The molecule has 2 rings (SSSR count). The lowest BCUT2D eigenvalue weighted by Crippen LogP contribution is -2.46. The van der Waals surface area contributed by atoms with E-state index in [2.05, 4.69) is 5.10 Å². The maximum absolute atomic E-state index is 12.8. The molecule has 1 aliphatic rings. The van der Waals surface area contributed by atoms with Crippen LogP contribution in [0.3, 0.4) is 0 Å². The highest BCUT2D eigenvalue weighted by atomic mass is 16.5. The predicted molar refractivity (Wildman–Crippen MR) is 73.2 cm³/mol. The molecule has 1 fully saturated rings. The van der Waals surface area contributed by atoms with E-state index < -0.39 is 0 Å². The Hall–Kier alpha value is -1.36. The van der Waals surface area contributed by atoms with Gasteiger partial charge < -0.3 is 9.64 Å². The molecule has 0 aromatic carbocycles. The van der Waals surface area contributed by atoms with Crippen molar-refractivity contribution in [1.29, 1.82) is 0 Å². The number of piperidine rings is 1. The second-order valence-electron chi connectivity index (χ2n) is 5.27. The molecule has 2 heterocycles. The molecule has 5 nitrogen and oxygen atoms in total. The van der Waals surface area contributed by atoms with Gasteiger partial charge in [0, 0.05) is 26.4 Å². The first-order valence-electron chi connectivity index (χ1n) is 6.86. The predicted octanol–water partition coefficient (Wildman–Crippen LogP) is 1.68.